The number of aromatic amines is 1. The first-order valence-corrected chi connectivity index (χ1v) is 7.33. The summed E-state index contributed by atoms with van der Waals surface area (Å²) in [6, 6.07) is 6.31. The molecule has 96 valence electrons. The van der Waals surface area contributed by atoms with Crippen LogP contribution >= 0.6 is 11.8 Å². The summed E-state index contributed by atoms with van der Waals surface area (Å²) in [5.41, 5.74) is 8.57. The zero-order valence-electron chi connectivity index (χ0n) is 10.7. The lowest BCUT2D eigenvalue weighted by molar-refractivity contribution is 0.616. The number of rotatable bonds is 1. The Morgan fingerprint density at radius 3 is 3.11 bits per heavy atom. The van der Waals surface area contributed by atoms with Gasteiger partial charge in [-0.2, -0.15) is 11.8 Å². The van der Waals surface area contributed by atoms with Crippen LogP contribution in [0, 0.1) is 0 Å². The molecule has 18 heavy (non-hydrogen) atoms. The van der Waals surface area contributed by atoms with Crippen LogP contribution < -0.4 is 10.6 Å². The van der Waals surface area contributed by atoms with Gasteiger partial charge in [-0.25, -0.2) is 4.98 Å². The maximum atomic E-state index is 5.80. The van der Waals surface area contributed by atoms with Crippen molar-refractivity contribution in [3.05, 3.63) is 18.2 Å². The summed E-state index contributed by atoms with van der Waals surface area (Å²) in [5, 5.41) is 0.636. The van der Waals surface area contributed by atoms with E-state index in [4.69, 9.17) is 5.73 Å². The van der Waals surface area contributed by atoms with E-state index in [0.717, 1.165) is 35.0 Å². The normalized spacial score (nSPS) is 24.7. The van der Waals surface area contributed by atoms with Gasteiger partial charge in [0.2, 0.25) is 5.95 Å². The smallest absolute Gasteiger partial charge is 0.204 e. The molecule has 0 radical (unpaired) electrons. The van der Waals surface area contributed by atoms with Gasteiger partial charge in [-0.05, 0) is 25.1 Å². The third kappa shape index (κ3) is 1.92. The van der Waals surface area contributed by atoms with Crippen molar-refractivity contribution in [2.24, 2.45) is 0 Å². The maximum absolute atomic E-state index is 5.80. The second-order valence-corrected chi connectivity index (χ2v) is 6.33. The predicted octanol–water partition coefficient (Wildman–Crippen LogP) is 2.48. The van der Waals surface area contributed by atoms with Crippen LogP contribution in [0.25, 0.3) is 11.0 Å². The fourth-order valence-electron chi connectivity index (χ4n) is 2.38. The minimum Gasteiger partial charge on any atom is -0.399 e. The molecule has 3 N–H and O–H groups in total. The van der Waals surface area contributed by atoms with Gasteiger partial charge in [0.15, 0.2) is 0 Å². The molecular formula is C13H18N4S. The molecule has 0 bridgehead atoms. The third-order valence-electron chi connectivity index (χ3n) is 3.65. The van der Waals surface area contributed by atoms with Crippen LogP contribution in [0.1, 0.15) is 13.8 Å². The Labute approximate surface area is 111 Å². The van der Waals surface area contributed by atoms with Crippen molar-refractivity contribution in [1.82, 2.24) is 9.97 Å². The van der Waals surface area contributed by atoms with Gasteiger partial charge in [-0.3, -0.25) is 0 Å². The van der Waals surface area contributed by atoms with E-state index >= 15 is 0 Å². The lowest BCUT2D eigenvalue weighted by atomic mass is 10.2. The molecule has 0 amide bonds. The van der Waals surface area contributed by atoms with E-state index in [-0.39, 0.29) is 0 Å². The molecule has 1 aliphatic heterocycles. The third-order valence-corrected chi connectivity index (χ3v) is 4.99. The molecule has 1 saturated heterocycles. The van der Waals surface area contributed by atoms with Gasteiger partial charge >= 0.3 is 0 Å². The number of nitrogens with two attached hydrogens (primary N) is 1. The van der Waals surface area contributed by atoms with E-state index in [0.29, 0.717) is 11.3 Å². The number of hydrogen-bond donors (Lipinski definition) is 2. The van der Waals surface area contributed by atoms with E-state index in [1.807, 2.05) is 30.0 Å². The number of H-pyrrole nitrogens is 1. The Bertz CT molecular complexity index is 565. The molecule has 0 aliphatic carbocycles. The number of aromatic nitrogens is 2. The molecule has 2 aromatic rings. The van der Waals surface area contributed by atoms with Gasteiger partial charge in [0.1, 0.15) is 0 Å². The van der Waals surface area contributed by atoms with Gasteiger partial charge in [0.05, 0.1) is 11.0 Å². The number of nitrogens with zero attached hydrogens (tertiary/aromatic N) is 2. The first-order chi connectivity index (χ1) is 8.65. The van der Waals surface area contributed by atoms with Crippen molar-refractivity contribution in [3.8, 4) is 0 Å². The lowest BCUT2D eigenvalue weighted by Crippen LogP contribution is -2.45. The zero-order valence-corrected chi connectivity index (χ0v) is 11.5. The van der Waals surface area contributed by atoms with E-state index < -0.39 is 0 Å². The Morgan fingerprint density at radius 2 is 2.28 bits per heavy atom. The number of nitrogen functional groups attached to an aromatic ring is 1. The molecule has 2 atom stereocenters. The van der Waals surface area contributed by atoms with Crippen LogP contribution in [0.3, 0.4) is 0 Å². The number of benzene rings is 1. The molecular weight excluding hydrogens is 244 g/mol. The second kappa shape index (κ2) is 4.39. The van der Waals surface area contributed by atoms with Gasteiger partial charge in [0, 0.05) is 29.3 Å². The molecule has 0 saturated carbocycles. The molecule has 1 fully saturated rings. The molecule has 5 heteroatoms. The monoisotopic (exact) mass is 262 g/mol. The summed E-state index contributed by atoms with van der Waals surface area (Å²) < 4.78 is 0. The Balaban J connectivity index is 1.98. The van der Waals surface area contributed by atoms with E-state index in [1.54, 1.807) is 0 Å². The molecule has 1 aromatic carbocycles. The first-order valence-electron chi connectivity index (χ1n) is 6.28. The molecule has 0 spiro atoms. The van der Waals surface area contributed by atoms with Crippen LogP contribution in [0.5, 0.6) is 0 Å². The second-order valence-electron chi connectivity index (χ2n) is 4.85. The Morgan fingerprint density at radius 1 is 1.44 bits per heavy atom. The number of thioether (sulfide) groups is 1. The first kappa shape index (κ1) is 11.7. The zero-order chi connectivity index (χ0) is 12.7. The van der Waals surface area contributed by atoms with Crippen molar-refractivity contribution >= 4 is 34.4 Å². The van der Waals surface area contributed by atoms with E-state index in [1.165, 1.54) is 0 Å². The Kier molecular flexibility index (Phi) is 2.86. The number of fused-ring (bicyclic) bond motifs is 1. The van der Waals surface area contributed by atoms with Crippen LogP contribution in [0.2, 0.25) is 0 Å². The van der Waals surface area contributed by atoms with Crippen molar-refractivity contribution < 1.29 is 0 Å². The highest BCUT2D eigenvalue weighted by Gasteiger charge is 2.27. The highest BCUT2D eigenvalue weighted by molar-refractivity contribution is 8.00. The highest BCUT2D eigenvalue weighted by atomic mass is 32.2. The number of hydrogen-bond acceptors (Lipinski definition) is 4. The quantitative estimate of drug-likeness (QED) is 0.775. The average molecular weight is 262 g/mol. The van der Waals surface area contributed by atoms with Crippen molar-refractivity contribution in [2.45, 2.75) is 25.1 Å². The summed E-state index contributed by atoms with van der Waals surface area (Å²) in [7, 11) is 0. The fourth-order valence-corrected chi connectivity index (χ4v) is 3.48. The maximum Gasteiger partial charge on any atom is 0.204 e. The van der Waals surface area contributed by atoms with Gasteiger partial charge in [-0.1, -0.05) is 6.92 Å². The summed E-state index contributed by atoms with van der Waals surface area (Å²) in [5.74, 6) is 2.13. The summed E-state index contributed by atoms with van der Waals surface area (Å²) in [6.07, 6.45) is 0. The van der Waals surface area contributed by atoms with Crippen LogP contribution in [0.15, 0.2) is 18.2 Å². The molecule has 1 aliphatic rings. The fraction of sp³-hybridized carbons (Fsp3) is 0.462. The molecule has 2 heterocycles. The summed E-state index contributed by atoms with van der Waals surface area (Å²) in [6.45, 7) is 5.59. The highest BCUT2D eigenvalue weighted by Crippen LogP contribution is 2.28. The largest absolute Gasteiger partial charge is 0.399 e. The van der Waals surface area contributed by atoms with Crippen LogP contribution in [-0.2, 0) is 0 Å². The summed E-state index contributed by atoms with van der Waals surface area (Å²) in [4.78, 5) is 10.4. The molecule has 3 rings (SSSR count). The predicted molar refractivity (Wildman–Crippen MR) is 79.2 cm³/mol. The topological polar surface area (TPSA) is 57.9 Å². The minimum atomic E-state index is 0.502. The lowest BCUT2D eigenvalue weighted by Gasteiger charge is -2.37. The van der Waals surface area contributed by atoms with Crippen molar-refractivity contribution in [2.75, 3.05) is 22.9 Å². The van der Waals surface area contributed by atoms with Crippen LogP contribution in [-0.4, -0.2) is 33.6 Å². The SMILES string of the molecule is CC1SCCN(c2nc3ccc(N)cc3[nH]2)C1C. The van der Waals surface area contributed by atoms with Crippen molar-refractivity contribution in [3.63, 3.8) is 0 Å². The number of anilines is 2. The van der Waals surface area contributed by atoms with Gasteiger partial charge in [-0.15, -0.1) is 0 Å². The van der Waals surface area contributed by atoms with E-state index in [9.17, 15) is 0 Å². The van der Waals surface area contributed by atoms with Crippen molar-refractivity contribution in [1.29, 1.82) is 0 Å². The minimum absolute atomic E-state index is 0.502. The average Bonchev–Trinajstić information content (AvgIpc) is 2.75. The van der Waals surface area contributed by atoms with Gasteiger partial charge in [0.25, 0.3) is 0 Å². The van der Waals surface area contributed by atoms with Crippen LogP contribution in [0.4, 0.5) is 11.6 Å². The van der Waals surface area contributed by atoms with E-state index in [2.05, 4.69) is 28.7 Å². The Hall–Kier alpha value is -1.36. The van der Waals surface area contributed by atoms with Gasteiger partial charge < -0.3 is 15.6 Å². The summed E-state index contributed by atoms with van der Waals surface area (Å²) >= 11 is 2.03. The number of imidazole rings is 1. The number of nitrogens with one attached hydrogen (secondary N) is 1. The molecule has 2 unspecified atom stereocenters. The standard InChI is InChI=1S/C13H18N4S/c1-8-9(2)18-6-5-17(8)13-15-11-4-3-10(14)7-12(11)16-13/h3-4,7-9H,5-6,14H2,1-2H3,(H,15,16). The molecule has 1 aromatic heterocycles. The molecule has 4 nitrogen and oxygen atoms in total.